The van der Waals surface area contributed by atoms with Gasteiger partial charge in [-0.25, -0.2) is 9.36 Å². The first-order chi connectivity index (χ1) is 13.6. The topological polar surface area (TPSA) is 100 Å². The molecule has 1 N–H and O–H groups in total. The Morgan fingerprint density at radius 2 is 1.93 bits per heavy atom. The molecule has 1 amide bonds. The molecule has 1 aliphatic rings. The lowest BCUT2D eigenvalue weighted by Gasteiger charge is -2.31. The molecule has 0 fully saturated rings. The van der Waals surface area contributed by atoms with Gasteiger partial charge in [0.25, 0.3) is 11.5 Å². The van der Waals surface area contributed by atoms with E-state index in [1.807, 2.05) is 12.1 Å². The lowest BCUT2D eigenvalue weighted by molar-refractivity contribution is -0.133. The minimum Gasteiger partial charge on any atom is -0.482 e. The van der Waals surface area contributed by atoms with Crippen molar-refractivity contribution in [3.8, 4) is 17.3 Å². The smallest absolute Gasteiger partial charge is 0.266 e. The van der Waals surface area contributed by atoms with Crippen LogP contribution in [0.2, 0.25) is 0 Å². The Morgan fingerprint density at radius 3 is 2.68 bits per heavy atom. The monoisotopic (exact) mass is 381 g/mol. The Labute approximate surface area is 160 Å². The molecule has 0 spiro atoms. The molecular weight excluding hydrogens is 362 g/mol. The number of ether oxygens (including phenoxy) is 2. The lowest BCUT2D eigenvalue weighted by Crippen LogP contribution is -2.49. The van der Waals surface area contributed by atoms with Crippen molar-refractivity contribution in [2.24, 2.45) is 0 Å². The van der Waals surface area contributed by atoms with Crippen molar-refractivity contribution in [2.75, 3.05) is 6.54 Å². The van der Waals surface area contributed by atoms with Crippen LogP contribution >= 0.6 is 0 Å². The predicted molar refractivity (Wildman–Crippen MR) is 99.6 cm³/mol. The summed E-state index contributed by atoms with van der Waals surface area (Å²) in [6.45, 7) is 2.22. The van der Waals surface area contributed by atoms with Crippen molar-refractivity contribution in [2.45, 2.75) is 25.7 Å². The second kappa shape index (κ2) is 7.55. The van der Waals surface area contributed by atoms with Crippen molar-refractivity contribution in [1.82, 2.24) is 24.9 Å². The van der Waals surface area contributed by atoms with Crippen LogP contribution in [0, 0.1) is 0 Å². The zero-order chi connectivity index (χ0) is 19.5. The molecule has 4 rings (SSSR count). The number of hydrogen-bond acceptors (Lipinski definition) is 6. The number of fused-ring (bicyclic) bond motifs is 1. The number of benzene rings is 1. The quantitative estimate of drug-likeness (QED) is 0.701. The van der Waals surface area contributed by atoms with E-state index in [-0.39, 0.29) is 24.6 Å². The van der Waals surface area contributed by atoms with E-state index in [2.05, 4.69) is 15.5 Å². The highest BCUT2D eigenvalue weighted by Crippen LogP contribution is 2.33. The van der Waals surface area contributed by atoms with E-state index in [4.69, 9.17) is 9.47 Å². The first-order valence-electron chi connectivity index (χ1n) is 8.90. The summed E-state index contributed by atoms with van der Waals surface area (Å²) in [5.74, 6) is 1.36. The lowest BCUT2D eigenvalue weighted by atomic mass is 10.1. The number of rotatable bonds is 5. The van der Waals surface area contributed by atoms with Gasteiger partial charge in [-0.2, -0.15) is 5.10 Å². The number of hydrogen-bond donors (Lipinski definition) is 1. The maximum absolute atomic E-state index is 12.5. The fourth-order valence-electron chi connectivity index (χ4n) is 2.92. The summed E-state index contributed by atoms with van der Waals surface area (Å²) in [5.41, 5.74) is -0.260. The van der Waals surface area contributed by atoms with E-state index in [0.29, 0.717) is 17.3 Å². The normalized spacial score (nSPS) is 17.9. The molecule has 0 saturated carbocycles. The van der Waals surface area contributed by atoms with Gasteiger partial charge in [0.2, 0.25) is 6.10 Å². The maximum Gasteiger partial charge on any atom is 0.266 e. The highest BCUT2D eigenvalue weighted by Gasteiger charge is 2.33. The summed E-state index contributed by atoms with van der Waals surface area (Å²) >= 11 is 0. The van der Waals surface area contributed by atoms with Crippen LogP contribution in [0.3, 0.4) is 0 Å². The molecule has 9 heteroatoms. The van der Waals surface area contributed by atoms with Gasteiger partial charge in [0, 0.05) is 25.0 Å². The van der Waals surface area contributed by atoms with Crippen LogP contribution in [-0.2, 0) is 11.3 Å². The predicted octanol–water partition coefficient (Wildman–Crippen LogP) is 0.774. The van der Waals surface area contributed by atoms with Gasteiger partial charge in [0.05, 0.1) is 6.54 Å². The number of carbonyl (C=O) groups is 1. The van der Waals surface area contributed by atoms with Crippen LogP contribution in [-0.4, -0.2) is 44.2 Å². The number of para-hydroxylation sites is 2. The Hall–Kier alpha value is -3.62. The van der Waals surface area contributed by atoms with Gasteiger partial charge in [0.15, 0.2) is 17.3 Å². The van der Waals surface area contributed by atoms with Crippen molar-refractivity contribution in [3.63, 3.8) is 0 Å². The SMILES string of the molecule is C[C@H]1Oc2ccccc2O[C@@H]1C(=O)NCCn1nc(-n2cccn2)ccc1=O. The van der Waals surface area contributed by atoms with Gasteiger partial charge in [-0.15, -0.1) is 5.10 Å². The van der Waals surface area contributed by atoms with Crippen molar-refractivity contribution in [3.05, 3.63) is 65.2 Å². The number of aromatic nitrogens is 4. The summed E-state index contributed by atoms with van der Waals surface area (Å²) < 4.78 is 14.4. The minimum absolute atomic E-state index is 0.220. The maximum atomic E-state index is 12.5. The second-order valence-electron chi connectivity index (χ2n) is 6.30. The Morgan fingerprint density at radius 1 is 1.14 bits per heavy atom. The molecular formula is C19H19N5O4. The first-order valence-corrected chi connectivity index (χ1v) is 8.90. The molecule has 28 heavy (non-hydrogen) atoms. The van der Waals surface area contributed by atoms with E-state index in [9.17, 15) is 9.59 Å². The van der Waals surface area contributed by atoms with Gasteiger partial charge in [-0.05, 0) is 31.2 Å². The standard InChI is InChI=1S/C19H19N5O4/c1-13-18(28-15-6-3-2-5-14(15)27-13)19(26)20-10-12-24-17(25)8-7-16(22-24)23-11-4-9-21-23/h2-9,11,13,18H,10,12H2,1H3,(H,20,26)/t13-,18+/m1/s1. The van der Waals surface area contributed by atoms with Crippen LogP contribution < -0.4 is 20.3 Å². The summed E-state index contributed by atoms with van der Waals surface area (Å²) in [7, 11) is 0. The van der Waals surface area contributed by atoms with E-state index in [0.717, 1.165) is 0 Å². The summed E-state index contributed by atoms with van der Waals surface area (Å²) in [6, 6.07) is 12.0. The molecule has 0 saturated heterocycles. The third-order valence-corrected chi connectivity index (χ3v) is 4.32. The highest BCUT2D eigenvalue weighted by atomic mass is 16.6. The van der Waals surface area contributed by atoms with Crippen LogP contribution in [0.4, 0.5) is 0 Å². The van der Waals surface area contributed by atoms with Crippen molar-refractivity contribution < 1.29 is 14.3 Å². The van der Waals surface area contributed by atoms with Crippen LogP contribution in [0.1, 0.15) is 6.92 Å². The van der Waals surface area contributed by atoms with Crippen LogP contribution in [0.15, 0.2) is 59.7 Å². The van der Waals surface area contributed by atoms with Crippen molar-refractivity contribution >= 4 is 5.91 Å². The summed E-state index contributed by atoms with van der Waals surface area (Å²) in [4.78, 5) is 24.5. The molecule has 0 unspecified atom stereocenters. The van der Waals surface area contributed by atoms with Gasteiger partial charge in [-0.1, -0.05) is 12.1 Å². The highest BCUT2D eigenvalue weighted by molar-refractivity contribution is 5.82. The zero-order valence-corrected chi connectivity index (χ0v) is 15.2. The molecule has 144 valence electrons. The number of nitrogens with one attached hydrogen (secondary N) is 1. The molecule has 0 radical (unpaired) electrons. The summed E-state index contributed by atoms with van der Waals surface area (Å²) in [6.07, 6.45) is 2.16. The van der Waals surface area contributed by atoms with Crippen molar-refractivity contribution in [1.29, 1.82) is 0 Å². The third-order valence-electron chi connectivity index (χ3n) is 4.32. The molecule has 2 atom stereocenters. The van der Waals surface area contributed by atoms with Crippen LogP contribution in [0.5, 0.6) is 11.5 Å². The first kappa shape index (κ1) is 17.8. The molecule has 3 heterocycles. The van der Waals surface area contributed by atoms with E-state index < -0.39 is 12.2 Å². The van der Waals surface area contributed by atoms with Crippen LogP contribution in [0.25, 0.3) is 5.82 Å². The molecule has 3 aromatic rings. The average molecular weight is 381 g/mol. The Balaban J connectivity index is 1.38. The fraction of sp³-hybridized carbons (Fsp3) is 0.263. The van der Waals surface area contributed by atoms with E-state index in [1.165, 1.54) is 10.7 Å². The molecule has 0 aliphatic carbocycles. The zero-order valence-electron chi connectivity index (χ0n) is 15.2. The number of amides is 1. The molecule has 0 bridgehead atoms. The Kier molecular flexibility index (Phi) is 4.79. The average Bonchev–Trinajstić information content (AvgIpc) is 3.23. The van der Waals surface area contributed by atoms with Gasteiger partial charge in [0.1, 0.15) is 6.10 Å². The van der Waals surface area contributed by atoms with Gasteiger partial charge >= 0.3 is 0 Å². The Bertz CT molecular complexity index is 1030. The van der Waals surface area contributed by atoms with E-state index >= 15 is 0 Å². The fourth-order valence-corrected chi connectivity index (χ4v) is 2.92. The largest absolute Gasteiger partial charge is 0.482 e. The number of nitrogens with zero attached hydrogens (tertiary/aromatic N) is 4. The van der Waals surface area contributed by atoms with Gasteiger partial charge in [-0.3, -0.25) is 9.59 Å². The molecule has 9 nitrogen and oxygen atoms in total. The number of carbonyl (C=O) groups excluding carboxylic acids is 1. The van der Waals surface area contributed by atoms with Gasteiger partial charge < -0.3 is 14.8 Å². The molecule has 2 aromatic heterocycles. The summed E-state index contributed by atoms with van der Waals surface area (Å²) in [5, 5.41) is 11.1. The molecule has 1 aromatic carbocycles. The minimum atomic E-state index is -0.769. The third kappa shape index (κ3) is 3.59. The molecule has 1 aliphatic heterocycles. The van der Waals surface area contributed by atoms with E-state index in [1.54, 1.807) is 48.3 Å². The second-order valence-corrected chi connectivity index (χ2v) is 6.30.